The molecule has 1 aliphatic heterocycles. The SMILES string of the molecule is CCOC(=O)N1CCC(Oc2cccc(-c3cccc(F)c3)c2)CC1. The molecule has 0 bridgehead atoms. The highest BCUT2D eigenvalue weighted by Gasteiger charge is 2.24. The molecule has 1 fully saturated rings. The second kappa shape index (κ2) is 8.01. The molecule has 1 heterocycles. The molecule has 1 saturated heterocycles. The molecule has 3 rings (SSSR count). The number of ether oxygens (including phenoxy) is 2. The smallest absolute Gasteiger partial charge is 0.409 e. The number of carbonyl (C=O) groups is 1. The van der Waals surface area contributed by atoms with Crippen molar-refractivity contribution in [2.75, 3.05) is 19.7 Å². The quantitative estimate of drug-likeness (QED) is 0.821. The number of amides is 1. The Balaban J connectivity index is 1.61. The molecule has 5 heteroatoms. The predicted octanol–water partition coefficient (Wildman–Crippen LogP) is 4.49. The highest BCUT2D eigenvalue weighted by atomic mass is 19.1. The van der Waals surface area contributed by atoms with E-state index in [0.29, 0.717) is 19.7 Å². The van der Waals surface area contributed by atoms with E-state index in [0.717, 1.165) is 29.7 Å². The lowest BCUT2D eigenvalue weighted by Gasteiger charge is -2.31. The maximum Gasteiger partial charge on any atom is 0.409 e. The molecular formula is C20H22FNO3. The summed E-state index contributed by atoms with van der Waals surface area (Å²) in [5, 5.41) is 0. The van der Waals surface area contributed by atoms with Gasteiger partial charge in [0.1, 0.15) is 17.7 Å². The summed E-state index contributed by atoms with van der Waals surface area (Å²) < 4.78 is 24.5. The molecule has 0 saturated carbocycles. The first-order valence-corrected chi connectivity index (χ1v) is 8.60. The fourth-order valence-electron chi connectivity index (χ4n) is 2.98. The third kappa shape index (κ3) is 4.50. The van der Waals surface area contributed by atoms with Gasteiger partial charge in [-0.2, -0.15) is 0 Å². The number of hydrogen-bond donors (Lipinski definition) is 0. The van der Waals surface area contributed by atoms with Crippen molar-refractivity contribution < 1.29 is 18.7 Å². The third-order valence-electron chi connectivity index (χ3n) is 4.26. The highest BCUT2D eigenvalue weighted by Crippen LogP contribution is 2.26. The molecule has 0 N–H and O–H groups in total. The molecule has 0 spiro atoms. The summed E-state index contributed by atoms with van der Waals surface area (Å²) in [6.45, 7) is 3.46. The summed E-state index contributed by atoms with van der Waals surface area (Å²) >= 11 is 0. The summed E-state index contributed by atoms with van der Waals surface area (Å²) in [6.07, 6.45) is 1.34. The van der Waals surface area contributed by atoms with Crippen LogP contribution in [0.2, 0.25) is 0 Å². The number of carbonyl (C=O) groups excluding carboxylic acids is 1. The number of halogens is 1. The van der Waals surface area contributed by atoms with E-state index in [-0.39, 0.29) is 18.0 Å². The predicted molar refractivity (Wildman–Crippen MR) is 94.1 cm³/mol. The van der Waals surface area contributed by atoms with Crippen molar-refractivity contribution in [3.05, 3.63) is 54.3 Å². The van der Waals surface area contributed by atoms with E-state index in [4.69, 9.17) is 9.47 Å². The van der Waals surface area contributed by atoms with Crippen molar-refractivity contribution in [3.63, 3.8) is 0 Å². The van der Waals surface area contributed by atoms with Crippen LogP contribution in [0.5, 0.6) is 5.75 Å². The van der Waals surface area contributed by atoms with Gasteiger partial charge in [0.15, 0.2) is 0 Å². The van der Waals surface area contributed by atoms with Gasteiger partial charge < -0.3 is 14.4 Å². The fraction of sp³-hybridized carbons (Fsp3) is 0.350. The summed E-state index contributed by atoms with van der Waals surface area (Å²) in [4.78, 5) is 13.4. The highest BCUT2D eigenvalue weighted by molar-refractivity contribution is 5.67. The van der Waals surface area contributed by atoms with E-state index in [1.807, 2.05) is 30.3 Å². The van der Waals surface area contributed by atoms with Crippen molar-refractivity contribution >= 4 is 6.09 Å². The largest absolute Gasteiger partial charge is 0.490 e. The molecule has 0 unspecified atom stereocenters. The molecule has 4 nitrogen and oxygen atoms in total. The van der Waals surface area contributed by atoms with Gasteiger partial charge >= 0.3 is 6.09 Å². The number of benzene rings is 2. The summed E-state index contributed by atoms with van der Waals surface area (Å²) in [7, 11) is 0. The minimum absolute atomic E-state index is 0.0634. The van der Waals surface area contributed by atoms with Gasteiger partial charge in [0.05, 0.1) is 6.61 Å². The molecule has 25 heavy (non-hydrogen) atoms. The van der Waals surface area contributed by atoms with Crippen LogP contribution in [-0.4, -0.2) is 36.8 Å². The maximum atomic E-state index is 13.4. The Morgan fingerprint density at radius 1 is 1.12 bits per heavy atom. The second-order valence-electron chi connectivity index (χ2n) is 6.04. The summed E-state index contributed by atoms with van der Waals surface area (Å²) in [6, 6.07) is 14.2. The molecule has 0 aliphatic carbocycles. The van der Waals surface area contributed by atoms with Crippen LogP contribution < -0.4 is 4.74 Å². The normalized spacial score (nSPS) is 15.0. The lowest BCUT2D eigenvalue weighted by molar-refractivity contribution is 0.0703. The Bertz CT molecular complexity index is 726. The van der Waals surface area contributed by atoms with Crippen LogP contribution in [0.1, 0.15) is 19.8 Å². The number of nitrogens with zero attached hydrogens (tertiary/aromatic N) is 1. The monoisotopic (exact) mass is 343 g/mol. The van der Waals surface area contributed by atoms with E-state index >= 15 is 0 Å². The Morgan fingerprint density at radius 3 is 2.48 bits per heavy atom. The maximum absolute atomic E-state index is 13.4. The Hall–Kier alpha value is -2.56. The topological polar surface area (TPSA) is 38.8 Å². The van der Waals surface area contributed by atoms with E-state index in [9.17, 15) is 9.18 Å². The number of rotatable bonds is 4. The molecule has 1 amide bonds. The minimum atomic E-state index is -0.256. The molecule has 0 aromatic heterocycles. The van der Waals surface area contributed by atoms with Crippen LogP contribution in [0.25, 0.3) is 11.1 Å². The van der Waals surface area contributed by atoms with Gasteiger partial charge in [-0.1, -0.05) is 24.3 Å². The van der Waals surface area contributed by atoms with Gasteiger partial charge in [0.25, 0.3) is 0 Å². The number of hydrogen-bond acceptors (Lipinski definition) is 3. The van der Waals surface area contributed by atoms with Gasteiger partial charge in [-0.25, -0.2) is 9.18 Å². The van der Waals surface area contributed by atoms with Crippen LogP contribution in [-0.2, 0) is 4.74 Å². The van der Waals surface area contributed by atoms with Crippen LogP contribution >= 0.6 is 0 Å². The minimum Gasteiger partial charge on any atom is -0.490 e. The standard InChI is InChI=1S/C20H22FNO3/c1-2-24-20(23)22-11-9-18(10-12-22)25-19-8-4-6-16(14-19)15-5-3-7-17(21)13-15/h3-8,13-14,18H,2,9-12H2,1H3. The van der Waals surface area contributed by atoms with Gasteiger partial charge in [0, 0.05) is 25.9 Å². The first kappa shape index (κ1) is 17.3. The molecular weight excluding hydrogens is 321 g/mol. The van der Waals surface area contributed by atoms with Crippen LogP contribution in [0.4, 0.5) is 9.18 Å². The first-order valence-electron chi connectivity index (χ1n) is 8.60. The lowest BCUT2D eigenvalue weighted by atomic mass is 10.0. The van der Waals surface area contributed by atoms with Crippen molar-refractivity contribution in [1.82, 2.24) is 4.90 Å². The number of likely N-dealkylation sites (tertiary alicyclic amines) is 1. The van der Waals surface area contributed by atoms with Crippen LogP contribution in [0, 0.1) is 5.82 Å². The van der Waals surface area contributed by atoms with Crippen molar-refractivity contribution in [2.24, 2.45) is 0 Å². The zero-order valence-electron chi connectivity index (χ0n) is 14.3. The van der Waals surface area contributed by atoms with Gasteiger partial charge in [-0.3, -0.25) is 0 Å². The lowest BCUT2D eigenvalue weighted by Crippen LogP contribution is -2.42. The average molecular weight is 343 g/mol. The van der Waals surface area contributed by atoms with Crippen molar-refractivity contribution in [3.8, 4) is 16.9 Å². The van der Waals surface area contributed by atoms with Crippen LogP contribution in [0.15, 0.2) is 48.5 Å². The average Bonchev–Trinajstić information content (AvgIpc) is 2.63. The second-order valence-corrected chi connectivity index (χ2v) is 6.04. The molecule has 0 atom stereocenters. The molecule has 0 radical (unpaired) electrons. The Labute approximate surface area is 147 Å². The molecule has 2 aromatic rings. The molecule has 1 aliphatic rings. The zero-order valence-corrected chi connectivity index (χ0v) is 14.3. The van der Waals surface area contributed by atoms with E-state index in [2.05, 4.69) is 0 Å². The van der Waals surface area contributed by atoms with E-state index in [1.54, 1.807) is 17.9 Å². The zero-order chi connectivity index (χ0) is 17.6. The van der Waals surface area contributed by atoms with E-state index in [1.165, 1.54) is 12.1 Å². The van der Waals surface area contributed by atoms with Gasteiger partial charge in [0.2, 0.25) is 0 Å². The van der Waals surface area contributed by atoms with Crippen molar-refractivity contribution in [1.29, 1.82) is 0 Å². The fourth-order valence-corrected chi connectivity index (χ4v) is 2.98. The first-order chi connectivity index (χ1) is 12.2. The number of piperidine rings is 1. The van der Waals surface area contributed by atoms with Crippen LogP contribution in [0.3, 0.4) is 0 Å². The van der Waals surface area contributed by atoms with Gasteiger partial charge in [-0.05, 0) is 42.3 Å². The third-order valence-corrected chi connectivity index (χ3v) is 4.26. The summed E-state index contributed by atoms with van der Waals surface area (Å²) in [5.41, 5.74) is 1.74. The Kier molecular flexibility index (Phi) is 5.53. The van der Waals surface area contributed by atoms with Gasteiger partial charge in [-0.15, -0.1) is 0 Å². The Morgan fingerprint density at radius 2 is 1.80 bits per heavy atom. The van der Waals surface area contributed by atoms with Crippen molar-refractivity contribution in [2.45, 2.75) is 25.9 Å². The van der Waals surface area contributed by atoms with E-state index < -0.39 is 0 Å². The molecule has 2 aromatic carbocycles. The summed E-state index contributed by atoms with van der Waals surface area (Å²) in [5.74, 6) is 0.506. The molecule has 132 valence electrons.